The summed E-state index contributed by atoms with van der Waals surface area (Å²) >= 11 is 0. The molecule has 6 rings (SSSR count). The maximum atomic E-state index is 14.2. The lowest BCUT2D eigenvalue weighted by atomic mass is 9.94. The van der Waals surface area contributed by atoms with Crippen LogP contribution in [-0.2, 0) is 70.2 Å². The molecule has 0 unspecified atom stereocenters. The number of hydrogen-bond acceptors (Lipinski definition) is 17. The summed E-state index contributed by atoms with van der Waals surface area (Å²) in [6, 6.07) is 20.5. The number of carbonyl (C=O) groups is 5. The van der Waals surface area contributed by atoms with Gasteiger partial charge in [0.15, 0.2) is 24.8 Å². The van der Waals surface area contributed by atoms with Gasteiger partial charge in [0.2, 0.25) is 0 Å². The summed E-state index contributed by atoms with van der Waals surface area (Å²) in [6.07, 6.45) is -13.7. The Bertz CT molecular complexity index is 2080. The molecule has 3 aliphatic heterocycles. The number of esters is 3. The third kappa shape index (κ3) is 11.5. The van der Waals surface area contributed by atoms with Gasteiger partial charge in [-0.15, -0.1) is 0 Å². The largest absolute Gasteiger partial charge is 0.497 e. The summed E-state index contributed by atoms with van der Waals surface area (Å²) in [7, 11) is 1.51. The van der Waals surface area contributed by atoms with Crippen LogP contribution in [0.5, 0.6) is 5.75 Å². The van der Waals surface area contributed by atoms with E-state index in [4.69, 9.17) is 52.9 Å². The van der Waals surface area contributed by atoms with Crippen LogP contribution in [0.1, 0.15) is 52.6 Å². The van der Waals surface area contributed by atoms with E-state index >= 15 is 0 Å². The summed E-state index contributed by atoms with van der Waals surface area (Å²) in [4.78, 5) is 69.6. The summed E-state index contributed by atoms with van der Waals surface area (Å²) in [5, 5.41) is 15.8. The molecule has 0 bridgehead atoms. The fourth-order valence-electron chi connectivity index (χ4n) is 7.44. The summed E-state index contributed by atoms with van der Waals surface area (Å²) in [5.74, 6) is -3.29. The standard InChI is InChI=1S/C43H48N4O16/c1-24(48)57-23-33-36(59-25(2)49)38(58-21-28-14-16-29(54-4)17-15-28)39(60-26(3)50)43(62-33)63-37-34(47-40(52)30-12-8-9-13-31(30)41(47)53)42(56-19-18-45-46-44)61-32(35(37)51)22-55-20-27-10-6-5-7-11-27/h5-17,32-39,42-43,51H,18-23H2,1-4H3/t32-,33-,34-,35-,36+,37-,38+,39-,42-,43+/m1/s1. The first-order valence-electron chi connectivity index (χ1n) is 20.0. The molecule has 20 nitrogen and oxygen atoms in total. The van der Waals surface area contributed by atoms with Crippen LogP contribution in [0, 0.1) is 0 Å². The van der Waals surface area contributed by atoms with E-state index in [1.807, 2.05) is 30.3 Å². The second-order valence-electron chi connectivity index (χ2n) is 14.6. The first-order valence-corrected chi connectivity index (χ1v) is 20.0. The van der Waals surface area contributed by atoms with E-state index < -0.39 is 97.7 Å². The predicted octanol–water partition coefficient (Wildman–Crippen LogP) is 3.41. The van der Waals surface area contributed by atoms with Crippen molar-refractivity contribution in [2.24, 2.45) is 5.11 Å². The Kier molecular flexibility index (Phi) is 16.2. The van der Waals surface area contributed by atoms with Gasteiger partial charge in [-0.3, -0.25) is 28.9 Å². The minimum atomic E-state index is -1.76. The number of aliphatic hydroxyl groups excluding tert-OH is 1. The Morgan fingerprint density at radius 2 is 1.35 bits per heavy atom. The predicted molar refractivity (Wildman–Crippen MR) is 214 cm³/mol. The number of aliphatic hydroxyl groups is 1. The molecule has 1 N–H and O–H groups in total. The second kappa shape index (κ2) is 21.9. The fraction of sp³-hybridized carbons (Fsp3) is 0.465. The zero-order valence-electron chi connectivity index (χ0n) is 34.9. The molecule has 0 spiro atoms. The van der Waals surface area contributed by atoms with E-state index in [1.54, 1.807) is 36.4 Å². The zero-order chi connectivity index (χ0) is 45.0. The van der Waals surface area contributed by atoms with Crippen LogP contribution >= 0.6 is 0 Å². The van der Waals surface area contributed by atoms with E-state index in [1.165, 1.54) is 19.2 Å². The van der Waals surface area contributed by atoms with E-state index in [0.29, 0.717) is 11.3 Å². The van der Waals surface area contributed by atoms with Crippen LogP contribution in [0.3, 0.4) is 0 Å². The van der Waals surface area contributed by atoms with Crippen LogP contribution in [0.25, 0.3) is 10.4 Å². The summed E-state index contributed by atoms with van der Waals surface area (Å²) < 4.78 is 59.9. The Morgan fingerprint density at radius 1 is 0.730 bits per heavy atom. The van der Waals surface area contributed by atoms with Crippen molar-refractivity contribution in [3.63, 3.8) is 0 Å². The number of fused-ring (bicyclic) bond motifs is 1. The van der Waals surface area contributed by atoms with Gasteiger partial charge < -0.3 is 52.5 Å². The highest BCUT2D eigenvalue weighted by atomic mass is 16.7. The van der Waals surface area contributed by atoms with E-state index in [9.17, 15) is 29.1 Å². The first kappa shape index (κ1) is 46.5. The molecule has 0 aromatic heterocycles. The second-order valence-corrected chi connectivity index (χ2v) is 14.6. The number of imide groups is 1. The number of methoxy groups -OCH3 is 1. The molecule has 336 valence electrons. The van der Waals surface area contributed by atoms with Gasteiger partial charge >= 0.3 is 17.9 Å². The molecule has 3 heterocycles. The normalized spacial score (nSPS) is 26.6. The fourth-order valence-corrected chi connectivity index (χ4v) is 7.44. The van der Waals surface area contributed by atoms with Gasteiger partial charge in [0.1, 0.15) is 48.9 Å². The lowest BCUT2D eigenvalue weighted by Gasteiger charge is -2.50. The van der Waals surface area contributed by atoms with Gasteiger partial charge in [0, 0.05) is 32.2 Å². The maximum absolute atomic E-state index is 14.2. The van der Waals surface area contributed by atoms with E-state index in [-0.39, 0.29) is 44.1 Å². The Morgan fingerprint density at radius 3 is 1.97 bits per heavy atom. The van der Waals surface area contributed by atoms with Crippen molar-refractivity contribution in [1.29, 1.82) is 0 Å². The monoisotopic (exact) mass is 876 g/mol. The van der Waals surface area contributed by atoms with Gasteiger partial charge in [-0.1, -0.05) is 59.7 Å². The molecule has 2 amide bonds. The van der Waals surface area contributed by atoms with Crippen molar-refractivity contribution in [3.8, 4) is 5.75 Å². The van der Waals surface area contributed by atoms with Crippen LogP contribution in [0.15, 0.2) is 84.0 Å². The molecule has 2 saturated heterocycles. The van der Waals surface area contributed by atoms with Crippen molar-refractivity contribution in [1.82, 2.24) is 4.90 Å². The molecule has 0 saturated carbocycles. The van der Waals surface area contributed by atoms with Crippen molar-refractivity contribution in [2.45, 2.75) is 95.3 Å². The van der Waals surface area contributed by atoms with Gasteiger partial charge in [-0.2, -0.15) is 0 Å². The quantitative estimate of drug-likeness (QED) is 0.0345. The summed E-state index contributed by atoms with van der Waals surface area (Å²) in [5.41, 5.74) is 10.5. The van der Waals surface area contributed by atoms with Crippen LogP contribution in [0.4, 0.5) is 0 Å². The number of benzene rings is 3. The van der Waals surface area contributed by atoms with Crippen LogP contribution in [0.2, 0.25) is 0 Å². The maximum Gasteiger partial charge on any atom is 0.303 e. The number of carbonyl (C=O) groups excluding carboxylic acids is 5. The third-order valence-corrected chi connectivity index (χ3v) is 10.2. The van der Waals surface area contributed by atoms with Crippen molar-refractivity contribution in [2.75, 3.05) is 33.5 Å². The number of azide groups is 1. The molecular formula is C43H48N4O16. The number of ether oxygens (including phenoxy) is 10. The minimum absolute atomic E-state index is 0.0567. The van der Waals surface area contributed by atoms with Crippen LogP contribution < -0.4 is 4.74 Å². The molecule has 0 radical (unpaired) electrons. The minimum Gasteiger partial charge on any atom is -0.497 e. The molecule has 0 aliphatic carbocycles. The zero-order valence-corrected chi connectivity index (χ0v) is 34.9. The van der Waals surface area contributed by atoms with Gasteiger partial charge in [-0.05, 0) is 40.9 Å². The molecule has 63 heavy (non-hydrogen) atoms. The first-order chi connectivity index (χ1) is 30.4. The Balaban J connectivity index is 1.42. The topological polar surface area (TPSA) is 250 Å². The number of amides is 2. The molecule has 3 aromatic rings. The molecule has 3 aromatic carbocycles. The average molecular weight is 877 g/mol. The third-order valence-electron chi connectivity index (χ3n) is 10.2. The molecule has 20 heteroatoms. The van der Waals surface area contributed by atoms with Crippen molar-refractivity contribution < 1.29 is 76.4 Å². The van der Waals surface area contributed by atoms with Gasteiger partial charge in [0.05, 0.1) is 44.7 Å². The Labute approximate surface area is 361 Å². The van der Waals surface area contributed by atoms with Crippen molar-refractivity contribution in [3.05, 3.63) is 112 Å². The van der Waals surface area contributed by atoms with E-state index in [0.717, 1.165) is 31.2 Å². The lowest BCUT2D eigenvalue weighted by molar-refractivity contribution is -0.354. The van der Waals surface area contributed by atoms with Gasteiger partial charge in [0.25, 0.3) is 11.8 Å². The van der Waals surface area contributed by atoms with Crippen LogP contribution in [-0.4, -0.2) is 135 Å². The lowest BCUT2D eigenvalue weighted by Crippen LogP contribution is -2.69. The highest BCUT2D eigenvalue weighted by Gasteiger charge is 2.58. The molecule has 2 fully saturated rings. The van der Waals surface area contributed by atoms with Gasteiger partial charge in [-0.25, -0.2) is 0 Å². The molecule has 10 atom stereocenters. The molecule has 3 aliphatic rings. The van der Waals surface area contributed by atoms with E-state index in [2.05, 4.69) is 10.0 Å². The number of rotatable bonds is 19. The summed E-state index contributed by atoms with van der Waals surface area (Å²) in [6.45, 7) is 2.14. The average Bonchev–Trinajstić information content (AvgIpc) is 3.52. The molecular weight excluding hydrogens is 828 g/mol. The smallest absolute Gasteiger partial charge is 0.303 e. The number of nitrogens with zero attached hydrogens (tertiary/aromatic N) is 4. The number of hydrogen-bond donors (Lipinski definition) is 1. The van der Waals surface area contributed by atoms with Crippen molar-refractivity contribution >= 4 is 29.7 Å². The highest BCUT2D eigenvalue weighted by molar-refractivity contribution is 6.21. The Hall–Kier alpha value is -5.96. The SMILES string of the molecule is COc1ccc(CO[C@H]2[C@@H](OC(C)=O)[C@@H](COC(C)=O)O[C@@H](O[C@H]3[C@H](O)[C@@H](COCc4ccccc4)O[C@@H](OCCN=[N+]=[N-])[C@@H]3N3C(=O)c4ccccc4C3=O)[C@@H]2OC(C)=O)cc1. The highest BCUT2D eigenvalue weighted by Crippen LogP contribution is 2.38.